The number of carbonyl (C=O) groups excluding carboxylic acids is 1. The fraction of sp³-hybridized carbons (Fsp3) is 0.474. The molecule has 1 aromatic heterocycles. The minimum atomic E-state index is -0.253. The van der Waals surface area contributed by atoms with E-state index >= 15 is 0 Å². The molecule has 0 spiro atoms. The summed E-state index contributed by atoms with van der Waals surface area (Å²) in [6.45, 7) is 9.34. The van der Waals surface area contributed by atoms with Crippen LogP contribution >= 0.6 is 0 Å². The summed E-state index contributed by atoms with van der Waals surface area (Å²) < 4.78 is 1.48. The monoisotopic (exact) mass is 330 g/mol. The number of carbonyl (C=O) groups is 1. The van der Waals surface area contributed by atoms with E-state index in [4.69, 9.17) is 0 Å². The minimum Gasteiger partial charge on any atom is -0.340 e. The van der Waals surface area contributed by atoms with Gasteiger partial charge in [0.15, 0.2) is 0 Å². The van der Waals surface area contributed by atoms with E-state index < -0.39 is 0 Å². The van der Waals surface area contributed by atoms with Gasteiger partial charge in [-0.2, -0.15) is 0 Å². The average molecular weight is 330 g/mol. The van der Waals surface area contributed by atoms with E-state index in [9.17, 15) is 9.59 Å². The van der Waals surface area contributed by atoms with E-state index in [0.29, 0.717) is 12.1 Å². The van der Waals surface area contributed by atoms with Crippen molar-refractivity contribution in [3.05, 3.63) is 51.4 Å². The van der Waals surface area contributed by atoms with Gasteiger partial charge in [-0.25, -0.2) is 4.68 Å². The highest BCUT2D eigenvalue weighted by Crippen LogP contribution is 2.17. The Hall–Kier alpha value is -2.14. The second-order valence-corrected chi connectivity index (χ2v) is 6.59. The number of unbranched alkanes of at least 4 members (excludes halogenated alkanes) is 1. The third kappa shape index (κ3) is 4.03. The van der Waals surface area contributed by atoms with Crippen LogP contribution in [0.15, 0.2) is 29.1 Å². The van der Waals surface area contributed by atoms with E-state index in [1.807, 2.05) is 50.4 Å². The van der Waals surface area contributed by atoms with Crippen molar-refractivity contribution in [3.63, 3.8) is 0 Å². The van der Waals surface area contributed by atoms with Gasteiger partial charge < -0.3 is 5.32 Å². The average Bonchev–Trinajstić information content (AvgIpc) is 2.90. The molecule has 0 bridgehead atoms. The van der Waals surface area contributed by atoms with E-state index in [0.717, 1.165) is 36.3 Å². The quantitative estimate of drug-likeness (QED) is 0.575. The number of Topliss-reactive ketones (excluding diaryl/α,β-unsaturated/α-hetero) is 1. The van der Waals surface area contributed by atoms with Crippen molar-refractivity contribution in [1.29, 1.82) is 0 Å². The van der Waals surface area contributed by atoms with Crippen LogP contribution in [0.3, 0.4) is 0 Å². The number of nitrogens with zero attached hydrogens (tertiary/aromatic N) is 1. The molecule has 0 atom stereocenters. The lowest BCUT2D eigenvalue weighted by molar-refractivity contribution is -0.643. The molecule has 0 amide bonds. The molecule has 0 fully saturated rings. The number of H-pyrrole nitrogens is 1. The SMILES string of the molecule is CCCC[NH2+]CC(=O)c1c(C(C)C)[nH]n(-c2ccc(C)cc2)c1=O. The molecule has 0 aliphatic heterocycles. The molecule has 0 unspecified atom stereocenters. The van der Waals surface area contributed by atoms with Crippen LogP contribution in [-0.4, -0.2) is 28.7 Å². The van der Waals surface area contributed by atoms with Crippen molar-refractivity contribution < 1.29 is 10.1 Å². The highest BCUT2D eigenvalue weighted by molar-refractivity contribution is 5.97. The third-order valence-electron chi connectivity index (χ3n) is 4.16. The number of nitrogens with two attached hydrogens (primary N) is 1. The molecule has 0 saturated heterocycles. The number of hydrogen-bond acceptors (Lipinski definition) is 2. The number of aromatic nitrogens is 2. The zero-order valence-electron chi connectivity index (χ0n) is 15.1. The first-order chi connectivity index (χ1) is 11.5. The van der Waals surface area contributed by atoms with Gasteiger partial charge in [-0.3, -0.25) is 14.7 Å². The van der Waals surface area contributed by atoms with E-state index in [1.165, 1.54) is 4.68 Å². The summed E-state index contributed by atoms with van der Waals surface area (Å²) in [6, 6.07) is 7.69. The molecule has 130 valence electrons. The Kier molecular flexibility index (Phi) is 6.15. The molecule has 1 aromatic carbocycles. The van der Waals surface area contributed by atoms with Gasteiger partial charge in [0.05, 0.1) is 17.9 Å². The van der Waals surface area contributed by atoms with E-state index in [1.54, 1.807) is 0 Å². The van der Waals surface area contributed by atoms with Gasteiger partial charge in [-0.1, -0.05) is 44.9 Å². The highest BCUT2D eigenvalue weighted by atomic mass is 16.2. The lowest BCUT2D eigenvalue weighted by atomic mass is 10.0. The predicted octanol–water partition coefficient (Wildman–Crippen LogP) is 2.14. The van der Waals surface area contributed by atoms with Gasteiger partial charge in [-0.15, -0.1) is 0 Å². The second kappa shape index (κ2) is 8.11. The predicted molar refractivity (Wildman–Crippen MR) is 96.1 cm³/mol. The lowest BCUT2D eigenvalue weighted by Gasteiger charge is -2.05. The number of quaternary nitrogens is 1. The van der Waals surface area contributed by atoms with E-state index in [-0.39, 0.29) is 17.3 Å². The number of aryl methyl sites for hydroxylation is 1. The number of hydrogen-bond donors (Lipinski definition) is 2. The first-order valence-corrected chi connectivity index (χ1v) is 8.72. The summed E-state index contributed by atoms with van der Waals surface area (Å²) in [5, 5.41) is 5.12. The van der Waals surface area contributed by atoms with Crippen LogP contribution < -0.4 is 10.9 Å². The maximum Gasteiger partial charge on any atom is 0.282 e. The Morgan fingerprint density at radius 2 is 1.92 bits per heavy atom. The maximum atomic E-state index is 12.8. The molecule has 2 aromatic rings. The second-order valence-electron chi connectivity index (χ2n) is 6.59. The molecule has 5 nitrogen and oxygen atoms in total. The number of rotatable bonds is 8. The third-order valence-corrected chi connectivity index (χ3v) is 4.16. The summed E-state index contributed by atoms with van der Waals surface area (Å²) in [7, 11) is 0. The molecule has 3 N–H and O–H groups in total. The number of nitrogens with one attached hydrogen (secondary N) is 1. The lowest BCUT2D eigenvalue weighted by Crippen LogP contribution is -2.86. The smallest absolute Gasteiger partial charge is 0.282 e. The van der Waals surface area contributed by atoms with Crippen molar-refractivity contribution in [2.24, 2.45) is 0 Å². The highest BCUT2D eigenvalue weighted by Gasteiger charge is 2.24. The molecule has 24 heavy (non-hydrogen) atoms. The van der Waals surface area contributed by atoms with Gasteiger partial charge in [0, 0.05) is 0 Å². The molecule has 0 saturated carbocycles. The van der Waals surface area contributed by atoms with Gasteiger partial charge >= 0.3 is 0 Å². The normalized spacial score (nSPS) is 11.2. The van der Waals surface area contributed by atoms with Gasteiger partial charge in [0.25, 0.3) is 5.56 Å². The fourth-order valence-corrected chi connectivity index (χ4v) is 2.70. The van der Waals surface area contributed by atoms with Crippen LogP contribution in [0.1, 0.15) is 61.1 Å². The Morgan fingerprint density at radius 3 is 2.50 bits per heavy atom. The van der Waals surface area contributed by atoms with Crippen molar-refractivity contribution in [2.75, 3.05) is 13.1 Å². The Balaban J connectivity index is 2.35. The maximum absolute atomic E-state index is 12.8. The molecule has 1 heterocycles. The van der Waals surface area contributed by atoms with E-state index in [2.05, 4.69) is 12.0 Å². The summed E-state index contributed by atoms with van der Waals surface area (Å²) in [5.41, 5.74) is 2.65. The first kappa shape index (κ1) is 18.2. The number of benzene rings is 1. The Morgan fingerprint density at radius 1 is 1.25 bits per heavy atom. The standard InChI is InChI=1S/C19H27N3O2/c1-5-6-11-20-12-16(23)17-18(13(2)3)21-22(19(17)24)15-9-7-14(4)8-10-15/h7-10,13,20-21H,5-6,11-12H2,1-4H3/p+1. The van der Waals surface area contributed by atoms with Crippen LogP contribution in [-0.2, 0) is 0 Å². The fourth-order valence-electron chi connectivity index (χ4n) is 2.70. The summed E-state index contributed by atoms with van der Waals surface area (Å²) in [4.78, 5) is 25.4. The largest absolute Gasteiger partial charge is 0.340 e. The summed E-state index contributed by atoms with van der Waals surface area (Å²) in [6.07, 6.45) is 2.18. The zero-order chi connectivity index (χ0) is 17.7. The van der Waals surface area contributed by atoms with Gasteiger partial charge in [-0.05, 0) is 31.4 Å². The summed E-state index contributed by atoms with van der Waals surface area (Å²) in [5.74, 6) is -0.0131. The van der Waals surface area contributed by atoms with Crippen LogP contribution in [0.4, 0.5) is 0 Å². The number of ketones is 1. The molecule has 0 aliphatic rings. The van der Waals surface area contributed by atoms with Crippen LogP contribution in [0.5, 0.6) is 0 Å². The summed E-state index contributed by atoms with van der Waals surface area (Å²) >= 11 is 0. The first-order valence-electron chi connectivity index (χ1n) is 8.72. The molecule has 5 heteroatoms. The number of aromatic amines is 1. The molecular formula is C19H28N3O2+. The van der Waals surface area contributed by atoms with Crippen LogP contribution in [0, 0.1) is 6.92 Å². The minimum absolute atomic E-state index is 0.0824. The van der Waals surface area contributed by atoms with Crippen LogP contribution in [0.25, 0.3) is 5.69 Å². The topological polar surface area (TPSA) is 71.5 Å². The zero-order valence-corrected chi connectivity index (χ0v) is 15.1. The van der Waals surface area contributed by atoms with Crippen molar-refractivity contribution >= 4 is 5.78 Å². The van der Waals surface area contributed by atoms with Crippen molar-refractivity contribution in [3.8, 4) is 5.69 Å². The van der Waals surface area contributed by atoms with Gasteiger partial charge in [0.2, 0.25) is 5.78 Å². The molecule has 2 rings (SSSR count). The van der Waals surface area contributed by atoms with Gasteiger partial charge in [0.1, 0.15) is 12.1 Å². The van der Waals surface area contributed by atoms with Crippen molar-refractivity contribution in [1.82, 2.24) is 9.78 Å². The molecule has 0 aliphatic carbocycles. The molecular weight excluding hydrogens is 302 g/mol. The Bertz CT molecular complexity index is 739. The van der Waals surface area contributed by atoms with Crippen molar-refractivity contribution in [2.45, 2.75) is 46.5 Å². The molecule has 0 radical (unpaired) electrons. The Labute approximate surface area is 143 Å². The van der Waals surface area contributed by atoms with Crippen LogP contribution in [0.2, 0.25) is 0 Å².